The van der Waals surface area contributed by atoms with Crippen molar-refractivity contribution in [2.75, 3.05) is 17.6 Å². The van der Waals surface area contributed by atoms with Crippen LogP contribution in [0.2, 0.25) is 0 Å². The first-order valence-corrected chi connectivity index (χ1v) is 9.00. The van der Waals surface area contributed by atoms with Crippen molar-refractivity contribution in [3.05, 3.63) is 30.6 Å². The predicted octanol–water partition coefficient (Wildman–Crippen LogP) is 4.92. The number of nitrogens with one attached hydrogen (secondary N) is 1. The van der Waals surface area contributed by atoms with Gasteiger partial charge < -0.3 is 11.1 Å². The van der Waals surface area contributed by atoms with Crippen LogP contribution in [-0.2, 0) is 0 Å². The van der Waals surface area contributed by atoms with Gasteiger partial charge in [0.25, 0.3) is 0 Å². The molecule has 132 valence electrons. The molecule has 0 spiro atoms. The first kappa shape index (κ1) is 19.9. The summed E-state index contributed by atoms with van der Waals surface area (Å²) in [4.78, 5) is 12.3. The van der Waals surface area contributed by atoms with E-state index in [-0.39, 0.29) is 5.95 Å². The summed E-state index contributed by atoms with van der Waals surface area (Å²) in [6, 6.07) is 5.71. The van der Waals surface area contributed by atoms with E-state index in [1.807, 2.05) is 18.2 Å². The van der Waals surface area contributed by atoms with E-state index in [0.29, 0.717) is 0 Å². The number of hydrogen-bond donors (Lipinski definition) is 2. The van der Waals surface area contributed by atoms with Crippen LogP contribution in [-0.4, -0.2) is 21.5 Å². The molecule has 24 heavy (non-hydrogen) atoms. The first-order valence-electron chi connectivity index (χ1n) is 9.00. The number of unbranched alkanes of at least 4 members (excludes halogenated alkanes) is 4. The van der Waals surface area contributed by atoms with Crippen molar-refractivity contribution >= 4 is 11.8 Å². The van der Waals surface area contributed by atoms with E-state index in [1.54, 1.807) is 12.4 Å². The molecule has 0 aliphatic carbocycles. The highest BCUT2D eigenvalue weighted by Gasteiger charge is 2.01. The van der Waals surface area contributed by atoms with Crippen LogP contribution in [0.25, 0.3) is 11.3 Å². The molecule has 0 aliphatic heterocycles. The number of anilines is 2. The van der Waals surface area contributed by atoms with Crippen LogP contribution in [0.15, 0.2) is 30.6 Å². The second kappa shape index (κ2) is 12.3. The predicted molar refractivity (Wildman–Crippen MR) is 103 cm³/mol. The molecule has 5 nitrogen and oxygen atoms in total. The second-order valence-corrected chi connectivity index (χ2v) is 5.72. The molecule has 0 amide bonds. The molecule has 0 aliphatic rings. The fourth-order valence-corrected chi connectivity index (χ4v) is 2.11. The monoisotopic (exact) mass is 329 g/mol. The van der Waals surface area contributed by atoms with Gasteiger partial charge in [0.2, 0.25) is 5.95 Å². The third-order valence-corrected chi connectivity index (χ3v) is 3.50. The van der Waals surface area contributed by atoms with Crippen molar-refractivity contribution in [1.29, 1.82) is 0 Å². The lowest BCUT2D eigenvalue weighted by molar-refractivity contribution is 0.656. The summed E-state index contributed by atoms with van der Waals surface area (Å²) in [7, 11) is 0. The molecule has 0 aromatic carbocycles. The summed E-state index contributed by atoms with van der Waals surface area (Å²) >= 11 is 0. The van der Waals surface area contributed by atoms with E-state index in [9.17, 15) is 0 Å². The van der Waals surface area contributed by atoms with E-state index < -0.39 is 0 Å². The van der Waals surface area contributed by atoms with Crippen LogP contribution >= 0.6 is 0 Å². The summed E-state index contributed by atoms with van der Waals surface area (Å²) in [5.74, 6) is 1.15. The molecule has 2 aromatic heterocycles. The number of aromatic nitrogens is 3. The minimum absolute atomic E-state index is 0.274. The van der Waals surface area contributed by atoms with Crippen LogP contribution in [0.1, 0.15) is 59.3 Å². The van der Waals surface area contributed by atoms with E-state index in [1.165, 1.54) is 32.1 Å². The maximum Gasteiger partial charge on any atom is 0.220 e. The van der Waals surface area contributed by atoms with Gasteiger partial charge in [0, 0.05) is 24.5 Å². The Hall–Kier alpha value is -2.17. The Bertz CT molecular complexity index is 550. The van der Waals surface area contributed by atoms with Gasteiger partial charge >= 0.3 is 0 Å². The number of nitrogen functional groups attached to an aromatic ring is 1. The van der Waals surface area contributed by atoms with Crippen molar-refractivity contribution in [3.63, 3.8) is 0 Å². The Morgan fingerprint density at radius 2 is 1.67 bits per heavy atom. The van der Waals surface area contributed by atoms with Crippen LogP contribution in [0, 0.1) is 0 Å². The summed E-state index contributed by atoms with van der Waals surface area (Å²) in [6.07, 6.45) is 11.5. The average Bonchev–Trinajstić information content (AvgIpc) is 2.61. The van der Waals surface area contributed by atoms with Gasteiger partial charge in [0.15, 0.2) is 0 Å². The Morgan fingerprint density at radius 1 is 0.917 bits per heavy atom. The lowest BCUT2D eigenvalue weighted by Crippen LogP contribution is -2.01. The molecule has 0 saturated carbocycles. The number of hydrogen-bond acceptors (Lipinski definition) is 5. The standard InChI is InChI=1S/C12H15N5.C7H16/c1-2-6-14-11-4-3-9(8-16-11)10-5-7-15-12(13)17-10;1-3-5-7-6-4-2/h3-5,7-8H,2,6H2,1H3,(H,14,16)(H2,13,15,17);3-7H2,1-2H3. The second-order valence-electron chi connectivity index (χ2n) is 5.72. The van der Waals surface area contributed by atoms with Crippen molar-refractivity contribution in [2.45, 2.75) is 59.3 Å². The van der Waals surface area contributed by atoms with Crippen molar-refractivity contribution in [2.24, 2.45) is 0 Å². The van der Waals surface area contributed by atoms with Crippen molar-refractivity contribution < 1.29 is 0 Å². The van der Waals surface area contributed by atoms with Crippen molar-refractivity contribution in [1.82, 2.24) is 15.0 Å². The molecule has 0 unspecified atom stereocenters. The van der Waals surface area contributed by atoms with Gasteiger partial charge in [0.05, 0.1) is 5.69 Å². The van der Waals surface area contributed by atoms with Gasteiger partial charge in [-0.15, -0.1) is 0 Å². The third-order valence-electron chi connectivity index (χ3n) is 3.50. The minimum atomic E-state index is 0.274. The quantitative estimate of drug-likeness (QED) is 0.672. The molecular weight excluding hydrogens is 298 g/mol. The normalized spacial score (nSPS) is 9.96. The SMILES string of the molecule is CCCCCCC.CCCNc1ccc(-c2ccnc(N)n2)cn1. The van der Waals surface area contributed by atoms with Gasteiger partial charge in [-0.1, -0.05) is 52.9 Å². The maximum atomic E-state index is 5.54. The van der Waals surface area contributed by atoms with Gasteiger partial charge in [-0.3, -0.25) is 0 Å². The van der Waals surface area contributed by atoms with E-state index in [4.69, 9.17) is 5.73 Å². The molecular formula is C19H31N5. The van der Waals surface area contributed by atoms with Gasteiger partial charge in [-0.25, -0.2) is 15.0 Å². The number of nitrogens with two attached hydrogens (primary N) is 1. The fourth-order valence-electron chi connectivity index (χ4n) is 2.11. The number of nitrogens with zero attached hydrogens (tertiary/aromatic N) is 3. The summed E-state index contributed by atoms with van der Waals surface area (Å²) < 4.78 is 0. The lowest BCUT2D eigenvalue weighted by Gasteiger charge is -2.05. The Morgan fingerprint density at radius 3 is 2.21 bits per heavy atom. The van der Waals surface area contributed by atoms with Gasteiger partial charge in [-0.05, 0) is 24.6 Å². The molecule has 0 radical (unpaired) electrons. The Kier molecular flexibility index (Phi) is 10.2. The molecule has 3 N–H and O–H groups in total. The summed E-state index contributed by atoms with van der Waals surface area (Å²) in [5.41, 5.74) is 7.25. The van der Waals surface area contributed by atoms with E-state index >= 15 is 0 Å². The molecule has 0 fully saturated rings. The van der Waals surface area contributed by atoms with E-state index in [2.05, 4.69) is 41.0 Å². The molecule has 0 atom stereocenters. The average molecular weight is 329 g/mol. The molecule has 0 bridgehead atoms. The Balaban J connectivity index is 0.000000351. The topological polar surface area (TPSA) is 76.7 Å². The highest BCUT2D eigenvalue weighted by atomic mass is 15.0. The van der Waals surface area contributed by atoms with Gasteiger partial charge in [-0.2, -0.15) is 0 Å². The molecule has 2 aromatic rings. The fraction of sp³-hybridized carbons (Fsp3) is 0.526. The highest BCUT2D eigenvalue weighted by Crippen LogP contribution is 2.17. The summed E-state index contributed by atoms with van der Waals surface area (Å²) in [5, 5.41) is 3.22. The zero-order chi connectivity index (χ0) is 17.6. The van der Waals surface area contributed by atoms with Crippen LogP contribution in [0.5, 0.6) is 0 Å². The van der Waals surface area contributed by atoms with Gasteiger partial charge in [0.1, 0.15) is 5.82 Å². The number of rotatable bonds is 8. The van der Waals surface area contributed by atoms with Crippen molar-refractivity contribution in [3.8, 4) is 11.3 Å². The Labute approximate surface area is 146 Å². The lowest BCUT2D eigenvalue weighted by atomic mass is 10.2. The minimum Gasteiger partial charge on any atom is -0.370 e. The number of pyridine rings is 1. The zero-order valence-corrected chi connectivity index (χ0v) is 15.3. The molecule has 0 saturated heterocycles. The smallest absolute Gasteiger partial charge is 0.220 e. The highest BCUT2D eigenvalue weighted by molar-refractivity contribution is 5.60. The molecule has 2 rings (SSSR count). The first-order chi connectivity index (χ1) is 11.7. The molecule has 5 heteroatoms. The zero-order valence-electron chi connectivity index (χ0n) is 15.3. The largest absolute Gasteiger partial charge is 0.370 e. The van der Waals surface area contributed by atoms with E-state index in [0.717, 1.165) is 30.0 Å². The van der Waals surface area contributed by atoms with Crippen LogP contribution in [0.4, 0.5) is 11.8 Å². The molecule has 2 heterocycles. The van der Waals surface area contributed by atoms with Crippen LogP contribution in [0.3, 0.4) is 0 Å². The van der Waals surface area contributed by atoms with Crippen LogP contribution < -0.4 is 11.1 Å². The summed E-state index contributed by atoms with van der Waals surface area (Å²) in [6.45, 7) is 7.53. The maximum absolute atomic E-state index is 5.54. The third kappa shape index (κ3) is 7.90.